The first-order valence-corrected chi connectivity index (χ1v) is 9.30. The zero-order valence-corrected chi connectivity index (χ0v) is 14.1. The minimum atomic E-state index is -3.19. The van der Waals surface area contributed by atoms with Crippen molar-refractivity contribution < 1.29 is 13.2 Å². The molecule has 0 atom stereocenters. The van der Waals surface area contributed by atoms with E-state index in [4.69, 9.17) is 4.74 Å². The fourth-order valence-corrected chi connectivity index (χ4v) is 3.55. The molecule has 0 unspecified atom stereocenters. The highest BCUT2D eigenvalue weighted by atomic mass is 32.2. The van der Waals surface area contributed by atoms with Gasteiger partial charge in [-0.05, 0) is 45.2 Å². The van der Waals surface area contributed by atoms with Crippen LogP contribution < -0.4 is 5.32 Å². The van der Waals surface area contributed by atoms with Gasteiger partial charge in [-0.1, -0.05) is 19.1 Å². The topological polar surface area (TPSA) is 55.4 Å². The van der Waals surface area contributed by atoms with Gasteiger partial charge in [-0.25, -0.2) is 8.42 Å². The zero-order valence-electron chi connectivity index (χ0n) is 13.3. The number of nitrogens with one attached hydrogen (secondary N) is 1. The summed E-state index contributed by atoms with van der Waals surface area (Å²) in [5.41, 5.74) is 0.704. The largest absolute Gasteiger partial charge is 0.384 e. The molecule has 0 bridgehead atoms. The van der Waals surface area contributed by atoms with Gasteiger partial charge >= 0.3 is 0 Å². The lowest BCUT2D eigenvalue weighted by Gasteiger charge is -2.12. The summed E-state index contributed by atoms with van der Waals surface area (Å²) in [7, 11) is -3.19. The normalized spacial score (nSPS) is 11.8. The Kier molecular flexibility index (Phi) is 7.75. The Hall–Kier alpha value is -1.07. The molecule has 1 rings (SSSR count). The second kappa shape index (κ2) is 9.05. The van der Waals surface area contributed by atoms with Crippen molar-refractivity contribution in [3.63, 3.8) is 0 Å². The third-order valence-electron chi connectivity index (χ3n) is 3.03. The molecular formula is C16H27NO3S. The summed E-state index contributed by atoms with van der Waals surface area (Å²) in [6.45, 7) is 7.41. The molecule has 1 N–H and O–H groups in total. The van der Waals surface area contributed by atoms with Gasteiger partial charge in [0.1, 0.15) is 0 Å². The summed E-state index contributed by atoms with van der Waals surface area (Å²) in [6.07, 6.45) is 2.81. The van der Waals surface area contributed by atoms with Gasteiger partial charge in [0.15, 0.2) is 9.84 Å². The highest BCUT2D eigenvalue weighted by Crippen LogP contribution is 2.22. The van der Waals surface area contributed by atoms with Crippen molar-refractivity contribution in [2.45, 2.75) is 51.0 Å². The molecule has 21 heavy (non-hydrogen) atoms. The summed E-state index contributed by atoms with van der Waals surface area (Å²) in [4.78, 5) is 0.408. The number of rotatable bonds is 10. The van der Waals surface area contributed by atoms with E-state index in [-0.39, 0.29) is 11.9 Å². The molecule has 0 aromatic heterocycles. The molecule has 0 saturated heterocycles. The molecule has 0 fully saturated rings. The number of ether oxygens (including phenoxy) is 1. The van der Waals surface area contributed by atoms with Crippen LogP contribution in [0.2, 0.25) is 0 Å². The number of benzene rings is 1. The van der Waals surface area contributed by atoms with Crippen LogP contribution in [0.15, 0.2) is 29.2 Å². The number of hydrogen-bond acceptors (Lipinski definition) is 4. The van der Waals surface area contributed by atoms with Gasteiger partial charge in [0.25, 0.3) is 0 Å². The maximum atomic E-state index is 12.2. The summed E-state index contributed by atoms with van der Waals surface area (Å²) < 4.78 is 29.9. The van der Waals surface area contributed by atoms with Crippen molar-refractivity contribution in [2.24, 2.45) is 0 Å². The van der Waals surface area contributed by atoms with E-state index in [2.05, 4.69) is 5.32 Å². The molecule has 0 spiro atoms. The average molecular weight is 313 g/mol. The number of hydrogen-bond donors (Lipinski definition) is 1. The Morgan fingerprint density at radius 2 is 1.90 bits per heavy atom. The molecule has 5 heteroatoms. The smallest absolute Gasteiger partial charge is 0.180 e. The van der Waals surface area contributed by atoms with Crippen molar-refractivity contribution >= 4 is 15.5 Å². The molecule has 0 saturated carbocycles. The molecule has 0 amide bonds. The molecule has 1 aromatic carbocycles. The van der Waals surface area contributed by atoms with Crippen LogP contribution in [0, 0.1) is 0 Å². The van der Waals surface area contributed by atoms with Crippen LogP contribution in [-0.4, -0.2) is 33.4 Å². The molecule has 0 radical (unpaired) electrons. The SMILES string of the molecule is CCCS(=O)(=O)c1ccccc1NCCCCOC(C)C. The van der Waals surface area contributed by atoms with Crippen LogP contribution in [0.25, 0.3) is 0 Å². The summed E-state index contributed by atoms with van der Waals surface area (Å²) in [6, 6.07) is 7.13. The van der Waals surface area contributed by atoms with E-state index < -0.39 is 9.84 Å². The van der Waals surface area contributed by atoms with Gasteiger partial charge in [-0.15, -0.1) is 0 Å². The summed E-state index contributed by atoms with van der Waals surface area (Å²) >= 11 is 0. The Morgan fingerprint density at radius 1 is 1.19 bits per heavy atom. The van der Waals surface area contributed by atoms with E-state index in [0.29, 0.717) is 17.0 Å². The molecule has 4 nitrogen and oxygen atoms in total. The Labute approximate surface area is 128 Å². The van der Waals surface area contributed by atoms with Crippen molar-refractivity contribution in [3.8, 4) is 0 Å². The van der Waals surface area contributed by atoms with Gasteiger partial charge in [-0.3, -0.25) is 0 Å². The quantitative estimate of drug-likeness (QED) is 0.672. The molecule has 0 aliphatic carbocycles. The number of unbranched alkanes of at least 4 members (excludes halogenated alkanes) is 1. The number of para-hydroxylation sites is 1. The third kappa shape index (κ3) is 6.48. The van der Waals surface area contributed by atoms with E-state index in [9.17, 15) is 8.42 Å². The predicted molar refractivity (Wildman–Crippen MR) is 87.6 cm³/mol. The highest BCUT2D eigenvalue weighted by Gasteiger charge is 2.16. The van der Waals surface area contributed by atoms with E-state index >= 15 is 0 Å². The van der Waals surface area contributed by atoms with Gasteiger partial charge in [-0.2, -0.15) is 0 Å². The highest BCUT2D eigenvalue weighted by molar-refractivity contribution is 7.91. The van der Waals surface area contributed by atoms with Crippen LogP contribution in [-0.2, 0) is 14.6 Å². The van der Waals surface area contributed by atoms with E-state index in [0.717, 1.165) is 26.0 Å². The zero-order chi connectivity index (χ0) is 15.7. The lowest BCUT2D eigenvalue weighted by atomic mass is 10.3. The lowest BCUT2D eigenvalue weighted by molar-refractivity contribution is 0.0765. The van der Waals surface area contributed by atoms with Gasteiger partial charge in [0.05, 0.1) is 22.4 Å². The maximum absolute atomic E-state index is 12.2. The first-order valence-electron chi connectivity index (χ1n) is 7.64. The van der Waals surface area contributed by atoms with E-state index in [1.54, 1.807) is 12.1 Å². The van der Waals surface area contributed by atoms with E-state index in [1.807, 2.05) is 32.9 Å². The lowest BCUT2D eigenvalue weighted by Crippen LogP contribution is -2.11. The van der Waals surface area contributed by atoms with Crippen LogP contribution in [0.4, 0.5) is 5.69 Å². The standard InChI is InChI=1S/C16H27NO3S/c1-4-13-21(18,19)16-10-6-5-9-15(16)17-11-7-8-12-20-14(2)3/h5-6,9-10,14,17H,4,7-8,11-13H2,1-3H3. The monoisotopic (exact) mass is 313 g/mol. The molecule has 0 heterocycles. The minimum absolute atomic E-state index is 0.188. The van der Waals surface area contributed by atoms with Crippen molar-refractivity contribution in [3.05, 3.63) is 24.3 Å². The van der Waals surface area contributed by atoms with Crippen molar-refractivity contribution in [2.75, 3.05) is 24.2 Å². The molecule has 0 aliphatic heterocycles. The predicted octanol–water partition coefficient (Wildman–Crippen LogP) is 3.49. The van der Waals surface area contributed by atoms with Crippen LogP contribution in [0.1, 0.15) is 40.0 Å². The minimum Gasteiger partial charge on any atom is -0.384 e. The molecule has 1 aromatic rings. The van der Waals surface area contributed by atoms with Crippen molar-refractivity contribution in [1.29, 1.82) is 0 Å². The molecular weight excluding hydrogens is 286 g/mol. The number of anilines is 1. The Balaban J connectivity index is 2.52. The number of sulfone groups is 1. The average Bonchev–Trinajstić information content (AvgIpc) is 2.42. The van der Waals surface area contributed by atoms with Crippen LogP contribution in [0.5, 0.6) is 0 Å². The van der Waals surface area contributed by atoms with Crippen molar-refractivity contribution in [1.82, 2.24) is 0 Å². The fraction of sp³-hybridized carbons (Fsp3) is 0.625. The van der Waals surface area contributed by atoms with Gasteiger partial charge < -0.3 is 10.1 Å². The molecule has 120 valence electrons. The second-order valence-electron chi connectivity index (χ2n) is 5.37. The third-order valence-corrected chi connectivity index (χ3v) is 5.00. The second-order valence-corrected chi connectivity index (χ2v) is 7.45. The van der Waals surface area contributed by atoms with Gasteiger partial charge in [0, 0.05) is 13.2 Å². The van der Waals surface area contributed by atoms with Crippen LogP contribution in [0.3, 0.4) is 0 Å². The first-order chi connectivity index (χ1) is 9.97. The Morgan fingerprint density at radius 3 is 2.57 bits per heavy atom. The van der Waals surface area contributed by atoms with Crippen LogP contribution >= 0.6 is 0 Å². The molecule has 0 aliphatic rings. The van der Waals surface area contributed by atoms with Gasteiger partial charge in [0.2, 0.25) is 0 Å². The Bertz CT molecular complexity index is 512. The maximum Gasteiger partial charge on any atom is 0.180 e. The summed E-state index contributed by atoms with van der Waals surface area (Å²) in [5.74, 6) is 0.188. The summed E-state index contributed by atoms with van der Waals surface area (Å²) in [5, 5.41) is 3.23. The first kappa shape index (κ1) is 18.0. The fourth-order valence-electron chi connectivity index (χ4n) is 2.03. The van der Waals surface area contributed by atoms with E-state index in [1.165, 1.54) is 0 Å².